The number of unbranched alkanes of at least 4 members (excludes halogenated alkanes) is 2. The minimum Gasteiger partial charge on any atom is -0.489 e. The summed E-state index contributed by atoms with van der Waals surface area (Å²) in [4.78, 5) is 23.1. The molecule has 3 aromatic rings. The van der Waals surface area contributed by atoms with Crippen LogP contribution in [-0.4, -0.2) is 71.8 Å². The summed E-state index contributed by atoms with van der Waals surface area (Å²) in [7, 11) is 0. The number of hydrogen-bond acceptors (Lipinski definition) is 10. The first-order valence-corrected chi connectivity index (χ1v) is 23.6. The Morgan fingerprint density at radius 1 is 0.969 bits per heavy atom. The van der Waals surface area contributed by atoms with Gasteiger partial charge in [-0.25, -0.2) is 4.39 Å². The van der Waals surface area contributed by atoms with Crippen LogP contribution in [0.5, 0.6) is 23.0 Å². The lowest BCUT2D eigenvalue weighted by Crippen LogP contribution is -2.70. The van der Waals surface area contributed by atoms with Crippen molar-refractivity contribution in [3.05, 3.63) is 107 Å². The third-order valence-electron chi connectivity index (χ3n) is 14.0. The van der Waals surface area contributed by atoms with Crippen LogP contribution in [0.2, 0.25) is 0 Å². The number of allylic oxidation sites excluding steroid dienone is 1. The minimum absolute atomic E-state index is 0.0133. The summed E-state index contributed by atoms with van der Waals surface area (Å²) in [6, 6.07) is 17.6. The fourth-order valence-electron chi connectivity index (χ4n) is 11.0. The van der Waals surface area contributed by atoms with E-state index in [9.17, 15) is 14.6 Å². The molecule has 6 unspecified atom stereocenters. The van der Waals surface area contributed by atoms with Gasteiger partial charge in [0.1, 0.15) is 36.6 Å². The van der Waals surface area contributed by atoms with Crippen LogP contribution in [0.4, 0.5) is 4.39 Å². The number of benzene rings is 3. The number of aliphatic hydroxyl groups is 2. The summed E-state index contributed by atoms with van der Waals surface area (Å²) < 4.78 is 47.3. The van der Waals surface area contributed by atoms with Gasteiger partial charge < -0.3 is 43.6 Å². The third kappa shape index (κ3) is 9.84. The number of rotatable bonds is 22. The van der Waals surface area contributed by atoms with Gasteiger partial charge in [-0.2, -0.15) is 0 Å². The fraction of sp³-hybridized carbons (Fsp3) is 0.538. The number of carbonyl (C=O) groups excluding carboxylic acids is 1. The Morgan fingerprint density at radius 2 is 1.75 bits per heavy atom. The number of nitrogens with zero attached hydrogens (tertiary/aromatic N) is 2. The van der Waals surface area contributed by atoms with Crippen molar-refractivity contribution < 1.29 is 47.9 Å². The summed E-state index contributed by atoms with van der Waals surface area (Å²) in [6.45, 7) is 7.17. The Bertz CT molecular complexity index is 2140. The summed E-state index contributed by atoms with van der Waals surface area (Å²) in [5.41, 5.74) is 4.00. The summed E-state index contributed by atoms with van der Waals surface area (Å²) >= 11 is 0. The molecule has 2 N–H and O–H groups in total. The highest BCUT2D eigenvalue weighted by molar-refractivity contribution is 6.03. The highest BCUT2D eigenvalue weighted by Crippen LogP contribution is 2.62. The second kappa shape index (κ2) is 21.4. The van der Waals surface area contributed by atoms with Crippen molar-refractivity contribution in [2.75, 3.05) is 33.2 Å². The molecule has 2 aliphatic heterocycles. The zero-order valence-electron chi connectivity index (χ0n) is 37.3. The van der Waals surface area contributed by atoms with Gasteiger partial charge in [0, 0.05) is 49.6 Å². The zero-order valence-corrected chi connectivity index (χ0v) is 37.3. The number of amides is 1. The third-order valence-corrected chi connectivity index (χ3v) is 14.0. The Balaban J connectivity index is 1.29. The second-order valence-electron chi connectivity index (χ2n) is 18.0. The molecule has 6 atom stereocenters. The lowest BCUT2D eigenvalue weighted by Gasteiger charge is -2.60. The lowest BCUT2D eigenvalue weighted by atomic mass is 9.55. The first-order chi connectivity index (χ1) is 31.4. The first kappa shape index (κ1) is 45.7. The van der Waals surface area contributed by atoms with Gasteiger partial charge in [0.15, 0.2) is 11.5 Å². The monoisotopic (exact) mass is 880 g/mol. The lowest BCUT2D eigenvalue weighted by molar-refractivity contribution is -0.258. The van der Waals surface area contributed by atoms with Gasteiger partial charge in [0.25, 0.3) is 0 Å². The molecule has 8 rings (SSSR count). The Hall–Kier alpha value is -4.91. The van der Waals surface area contributed by atoms with Crippen LogP contribution >= 0.6 is 0 Å². The quantitative estimate of drug-likeness (QED) is 0.0576. The molecular weight excluding hydrogens is 816 g/mol. The molecular formula is C52H65FN2O9. The van der Waals surface area contributed by atoms with Crippen LogP contribution < -0.4 is 18.9 Å². The average molecular weight is 881 g/mol. The number of carbonyl (C=O) groups is 1. The molecule has 344 valence electrons. The van der Waals surface area contributed by atoms with Gasteiger partial charge in [-0.05, 0) is 104 Å². The van der Waals surface area contributed by atoms with Gasteiger partial charge in [0.05, 0.1) is 18.2 Å². The highest BCUT2D eigenvalue weighted by atomic mass is 19.1. The van der Waals surface area contributed by atoms with Crippen molar-refractivity contribution in [1.82, 2.24) is 4.90 Å². The predicted molar refractivity (Wildman–Crippen MR) is 242 cm³/mol. The van der Waals surface area contributed by atoms with E-state index < -0.39 is 17.7 Å². The van der Waals surface area contributed by atoms with E-state index in [0.717, 1.165) is 67.4 Å². The predicted octanol–water partition coefficient (Wildman–Crippen LogP) is 9.79. The van der Waals surface area contributed by atoms with Gasteiger partial charge in [-0.15, -0.1) is 6.58 Å². The van der Waals surface area contributed by atoms with Crippen molar-refractivity contribution in [2.45, 2.75) is 121 Å². The molecule has 0 radical (unpaired) electrons. The average Bonchev–Trinajstić information content (AvgIpc) is 4.02. The molecule has 2 saturated carbocycles. The minimum atomic E-state index is -1.40. The molecule has 0 spiro atoms. The number of halogens is 1. The molecule has 64 heavy (non-hydrogen) atoms. The molecule has 0 bridgehead atoms. The van der Waals surface area contributed by atoms with E-state index in [4.69, 9.17) is 33.7 Å². The largest absolute Gasteiger partial charge is 0.489 e. The van der Waals surface area contributed by atoms with Crippen LogP contribution in [0.3, 0.4) is 0 Å². The van der Waals surface area contributed by atoms with Crippen LogP contribution in [0.15, 0.2) is 90.1 Å². The number of fused-ring (bicyclic) bond motifs is 3. The molecule has 3 aliphatic carbocycles. The molecule has 0 saturated heterocycles. The topological polar surface area (TPSA) is 129 Å². The standard InChI is InChI=1S/C52H65FN2O9/c1-3-27-62-52-48(55(49(58)24-20-35-13-5-6-14-35)32-36-19-22-46-47(28-36)61-34-60-46)31-44(54-63-4-2)41-29-37(15-9-11-25-56)40(17-10-12-26-57)50(51(41)52)42-30-39(21-23-45(42)64-52)59-33-38-16-7-8-18-43(38)53/h3,7-8,16,18-19,21-23,28-30,35,37,40,48,50-51,56-57H,1,4-6,9-15,17,20,24-27,31-34H2,2H3. The summed E-state index contributed by atoms with van der Waals surface area (Å²) in [6.07, 6.45) is 14.8. The van der Waals surface area contributed by atoms with E-state index >= 15 is 4.79 Å². The molecule has 11 nitrogen and oxygen atoms in total. The van der Waals surface area contributed by atoms with Gasteiger partial charge >= 0.3 is 0 Å². The molecule has 5 aliphatic rings. The Labute approximate surface area is 377 Å². The van der Waals surface area contributed by atoms with Crippen LogP contribution in [0, 0.1) is 29.5 Å². The van der Waals surface area contributed by atoms with Crippen molar-refractivity contribution in [3.8, 4) is 23.0 Å². The Kier molecular flexibility index (Phi) is 15.3. The smallest absolute Gasteiger partial charge is 0.239 e. The van der Waals surface area contributed by atoms with Gasteiger partial charge in [-0.3, -0.25) is 4.79 Å². The molecule has 2 fully saturated rings. The van der Waals surface area contributed by atoms with Crippen molar-refractivity contribution >= 4 is 11.6 Å². The summed E-state index contributed by atoms with van der Waals surface area (Å²) in [5.74, 6) is 0.743. The van der Waals surface area contributed by atoms with E-state index in [2.05, 4.69) is 12.7 Å². The van der Waals surface area contributed by atoms with E-state index in [1.54, 1.807) is 24.3 Å². The number of aliphatic hydroxyl groups excluding tert-OH is 2. The SMILES string of the molecule is C=CCOC12Oc3ccc(OCc4ccccc4F)cc3C3C(CCCCO)C(CCCCO)C=C(C(=NOCC)CC1N(Cc1ccc4c(c1)OCO4)C(=O)CCC1CCCC1)C32. The van der Waals surface area contributed by atoms with Crippen LogP contribution in [0.1, 0.15) is 113 Å². The van der Waals surface area contributed by atoms with Crippen molar-refractivity contribution in [1.29, 1.82) is 0 Å². The highest BCUT2D eigenvalue weighted by Gasteiger charge is 2.65. The molecule has 0 aromatic heterocycles. The van der Waals surface area contributed by atoms with Crippen LogP contribution in [-0.2, 0) is 27.5 Å². The normalized spacial score (nSPS) is 25.0. The van der Waals surface area contributed by atoms with Gasteiger partial charge in [-0.1, -0.05) is 80.1 Å². The molecule has 3 aromatic carbocycles. The Morgan fingerprint density at radius 3 is 2.53 bits per heavy atom. The molecule has 12 heteroatoms. The number of ether oxygens (including phenoxy) is 5. The number of oxime groups is 1. The van der Waals surface area contributed by atoms with E-state index in [0.29, 0.717) is 66.8 Å². The number of hydrogen-bond donors (Lipinski definition) is 2. The zero-order chi connectivity index (χ0) is 44.5. The molecule has 1 amide bonds. The molecule has 2 heterocycles. The van der Waals surface area contributed by atoms with E-state index in [-0.39, 0.29) is 69.2 Å². The second-order valence-corrected chi connectivity index (χ2v) is 18.0. The first-order valence-electron chi connectivity index (χ1n) is 23.6. The maximum atomic E-state index is 15.2. The van der Waals surface area contributed by atoms with Crippen LogP contribution in [0.25, 0.3) is 0 Å². The van der Waals surface area contributed by atoms with Crippen molar-refractivity contribution in [2.24, 2.45) is 28.8 Å². The van der Waals surface area contributed by atoms with Gasteiger partial charge in [0.2, 0.25) is 18.5 Å². The van der Waals surface area contributed by atoms with E-state index in [1.165, 1.54) is 18.9 Å². The van der Waals surface area contributed by atoms with E-state index in [1.807, 2.05) is 48.2 Å². The fourth-order valence-corrected chi connectivity index (χ4v) is 11.0. The van der Waals surface area contributed by atoms with Crippen molar-refractivity contribution in [3.63, 3.8) is 0 Å². The maximum Gasteiger partial charge on any atom is 0.239 e. The summed E-state index contributed by atoms with van der Waals surface area (Å²) in [5, 5.41) is 24.8. The maximum absolute atomic E-state index is 15.2.